The van der Waals surface area contributed by atoms with Crippen LogP contribution in [0.4, 0.5) is 0 Å². The summed E-state index contributed by atoms with van der Waals surface area (Å²) in [6.07, 6.45) is 2.46. The third-order valence-corrected chi connectivity index (χ3v) is 6.34. The summed E-state index contributed by atoms with van der Waals surface area (Å²) < 4.78 is 0. The third kappa shape index (κ3) is 2.26. The van der Waals surface area contributed by atoms with Crippen molar-refractivity contribution in [1.82, 2.24) is 0 Å². The molecule has 0 unspecified atom stereocenters. The van der Waals surface area contributed by atoms with E-state index in [0.29, 0.717) is 0 Å². The zero-order chi connectivity index (χ0) is 11.4. The van der Waals surface area contributed by atoms with E-state index in [1.54, 1.807) is 11.8 Å². The van der Waals surface area contributed by atoms with E-state index in [4.69, 9.17) is 0 Å². The highest BCUT2D eigenvalue weighted by Gasteiger charge is 2.46. The highest BCUT2D eigenvalue weighted by atomic mass is 28.3. The van der Waals surface area contributed by atoms with Gasteiger partial charge in [-0.15, -0.1) is 0 Å². The van der Waals surface area contributed by atoms with Crippen LogP contribution in [0.5, 0.6) is 0 Å². The van der Waals surface area contributed by atoms with Gasteiger partial charge in [-0.25, -0.2) is 0 Å². The monoisotopic (exact) mass is 212 g/mol. The molecule has 0 spiro atoms. The smallest absolute Gasteiger partial charge is 0.299 e. The van der Waals surface area contributed by atoms with Crippen LogP contribution in [0.1, 0.15) is 34.1 Å². The topological polar surface area (TPSA) is 51.2 Å². The van der Waals surface area contributed by atoms with Gasteiger partial charge in [-0.05, 0) is 27.2 Å². The molecular weight excluding hydrogens is 196 g/mol. The summed E-state index contributed by atoms with van der Waals surface area (Å²) in [5.74, 6) is 0. The van der Waals surface area contributed by atoms with Gasteiger partial charge in [0, 0.05) is 0 Å². The lowest BCUT2D eigenvalue weighted by Crippen LogP contribution is -2.55. The largest absolute Gasteiger partial charge is 0.304 e. The van der Waals surface area contributed by atoms with E-state index in [1.165, 1.54) is 20.8 Å². The average molecular weight is 212 g/mol. The molecule has 0 aromatic rings. The van der Waals surface area contributed by atoms with Crippen LogP contribution in [0.2, 0.25) is 0 Å². The van der Waals surface area contributed by atoms with Crippen molar-refractivity contribution in [3.63, 3.8) is 0 Å². The summed E-state index contributed by atoms with van der Waals surface area (Å²) in [5, 5.41) is -0.827. The molecule has 0 heterocycles. The van der Waals surface area contributed by atoms with Crippen LogP contribution in [0.15, 0.2) is 11.8 Å². The highest BCUT2D eigenvalue weighted by molar-refractivity contribution is 7.42. The van der Waals surface area contributed by atoms with Gasteiger partial charge in [0.05, 0.1) is 0 Å². The second-order valence-corrected chi connectivity index (χ2v) is 7.35. The molecule has 0 aliphatic heterocycles. The Hall–Kier alpha value is -1.03. The van der Waals surface area contributed by atoms with Gasteiger partial charge in [-0.2, -0.15) is 0 Å². The van der Waals surface area contributed by atoms with E-state index in [2.05, 4.69) is 0 Å². The van der Waals surface area contributed by atoms with Crippen molar-refractivity contribution in [2.45, 2.75) is 34.1 Å². The quantitative estimate of drug-likeness (QED) is 0.646. The van der Waals surface area contributed by atoms with Crippen LogP contribution < -0.4 is 0 Å². The van der Waals surface area contributed by atoms with E-state index in [-0.39, 0.29) is 16.2 Å². The molecular formula is C10H16O3Si. The van der Waals surface area contributed by atoms with Crippen molar-refractivity contribution < 1.29 is 14.4 Å². The highest BCUT2D eigenvalue weighted by Crippen LogP contribution is 2.10. The lowest BCUT2D eigenvalue weighted by atomic mass is 10.5. The summed E-state index contributed by atoms with van der Waals surface area (Å²) in [6, 6.07) is 0. The maximum atomic E-state index is 11.4. The van der Waals surface area contributed by atoms with Gasteiger partial charge in [0.25, 0.3) is 8.07 Å². The predicted molar refractivity (Wildman–Crippen MR) is 57.2 cm³/mol. The standard InChI is InChI=1S/C10H16O3Si/c1-5-6-7-14(8(2)11,9(3)12)10(4)13/h6-7H,5H2,1-4H3. The normalized spacial score (nSPS) is 11.7. The fourth-order valence-electron chi connectivity index (χ4n) is 1.39. The fourth-order valence-corrected chi connectivity index (χ4v) is 4.17. The molecule has 0 atom stereocenters. The Morgan fingerprint density at radius 2 is 1.36 bits per heavy atom. The van der Waals surface area contributed by atoms with E-state index in [9.17, 15) is 14.4 Å². The summed E-state index contributed by atoms with van der Waals surface area (Å²) in [7, 11) is -3.15. The van der Waals surface area contributed by atoms with Gasteiger partial charge in [-0.1, -0.05) is 18.7 Å². The van der Waals surface area contributed by atoms with Crippen LogP contribution >= 0.6 is 0 Å². The molecule has 0 aliphatic rings. The Kier molecular flexibility index (Phi) is 4.63. The molecule has 14 heavy (non-hydrogen) atoms. The maximum Gasteiger partial charge on any atom is 0.299 e. The van der Waals surface area contributed by atoms with Gasteiger partial charge in [0.1, 0.15) is 16.2 Å². The van der Waals surface area contributed by atoms with Gasteiger partial charge < -0.3 is 14.4 Å². The van der Waals surface area contributed by atoms with Gasteiger partial charge >= 0.3 is 0 Å². The first kappa shape index (κ1) is 13.0. The van der Waals surface area contributed by atoms with Crippen LogP contribution in [0.3, 0.4) is 0 Å². The van der Waals surface area contributed by atoms with Crippen molar-refractivity contribution in [1.29, 1.82) is 0 Å². The first-order valence-corrected chi connectivity index (χ1v) is 6.68. The van der Waals surface area contributed by atoms with Crippen LogP contribution in [-0.4, -0.2) is 24.3 Å². The van der Waals surface area contributed by atoms with Crippen molar-refractivity contribution >= 4 is 24.3 Å². The van der Waals surface area contributed by atoms with Crippen molar-refractivity contribution in [2.75, 3.05) is 0 Å². The zero-order valence-corrected chi connectivity index (χ0v) is 10.1. The molecule has 0 N–H and O–H groups in total. The Labute approximate surface area is 85.2 Å². The molecule has 3 nitrogen and oxygen atoms in total. The first-order chi connectivity index (χ1) is 6.39. The Morgan fingerprint density at radius 1 is 1.00 bits per heavy atom. The fraction of sp³-hybridized carbons (Fsp3) is 0.500. The number of allylic oxidation sites excluding steroid dienone is 1. The number of rotatable bonds is 5. The number of hydrogen-bond acceptors (Lipinski definition) is 3. The van der Waals surface area contributed by atoms with Crippen molar-refractivity contribution in [3.05, 3.63) is 11.8 Å². The third-order valence-electron chi connectivity index (χ3n) is 2.27. The Bertz CT molecular complexity index is 256. The number of carbonyl (C=O) groups is 3. The first-order valence-electron chi connectivity index (χ1n) is 4.60. The molecule has 0 aliphatic carbocycles. The van der Waals surface area contributed by atoms with Gasteiger partial charge in [0.2, 0.25) is 0 Å². The summed E-state index contributed by atoms with van der Waals surface area (Å²) >= 11 is 0. The zero-order valence-electron chi connectivity index (χ0n) is 9.09. The van der Waals surface area contributed by atoms with Crippen LogP contribution in [0, 0.1) is 0 Å². The van der Waals surface area contributed by atoms with E-state index in [0.717, 1.165) is 6.42 Å². The minimum atomic E-state index is -3.15. The van der Waals surface area contributed by atoms with Crippen molar-refractivity contribution in [2.24, 2.45) is 0 Å². The summed E-state index contributed by atoms with van der Waals surface area (Å²) in [5.41, 5.74) is 1.56. The minimum Gasteiger partial charge on any atom is -0.304 e. The van der Waals surface area contributed by atoms with Crippen LogP contribution in [-0.2, 0) is 14.4 Å². The molecule has 4 heteroatoms. The molecule has 78 valence electrons. The Balaban J connectivity index is 5.39. The average Bonchev–Trinajstić information content (AvgIpc) is 2.03. The Morgan fingerprint density at radius 3 is 1.57 bits per heavy atom. The molecule has 0 fully saturated rings. The molecule has 0 saturated heterocycles. The van der Waals surface area contributed by atoms with E-state index in [1.807, 2.05) is 6.92 Å². The van der Waals surface area contributed by atoms with Gasteiger partial charge in [-0.3, -0.25) is 0 Å². The second-order valence-electron chi connectivity index (χ2n) is 3.29. The summed E-state index contributed by atoms with van der Waals surface area (Å²) in [4.78, 5) is 34.3. The second kappa shape index (κ2) is 5.00. The summed E-state index contributed by atoms with van der Waals surface area (Å²) in [6.45, 7) is 5.88. The lowest BCUT2D eigenvalue weighted by molar-refractivity contribution is -0.117. The van der Waals surface area contributed by atoms with E-state index < -0.39 is 8.07 Å². The van der Waals surface area contributed by atoms with E-state index >= 15 is 0 Å². The molecule has 0 radical (unpaired) electrons. The molecule has 0 aromatic carbocycles. The van der Waals surface area contributed by atoms with Gasteiger partial charge in [0.15, 0.2) is 0 Å². The minimum absolute atomic E-state index is 0.276. The molecule has 0 rings (SSSR count). The van der Waals surface area contributed by atoms with Crippen molar-refractivity contribution in [3.8, 4) is 0 Å². The van der Waals surface area contributed by atoms with Crippen LogP contribution in [0.25, 0.3) is 0 Å². The molecule has 0 bridgehead atoms. The number of hydrogen-bond donors (Lipinski definition) is 0. The predicted octanol–water partition coefficient (Wildman–Crippen LogP) is 1.33. The molecule has 0 saturated carbocycles. The SMILES string of the molecule is CCC=C[Si](C(C)=O)(C(C)=O)C(C)=O. The number of carbonyl (C=O) groups excluding carboxylic acids is 3. The lowest BCUT2D eigenvalue weighted by Gasteiger charge is -2.17. The molecule has 0 amide bonds. The maximum absolute atomic E-state index is 11.4. The molecule has 0 aromatic heterocycles.